The van der Waals surface area contributed by atoms with Gasteiger partial charge in [-0.25, -0.2) is 0 Å². The Bertz CT molecular complexity index is 348. The van der Waals surface area contributed by atoms with Gasteiger partial charge in [0, 0.05) is 26.2 Å². The first-order chi connectivity index (χ1) is 11.1. The lowest BCUT2D eigenvalue weighted by Gasteiger charge is -2.36. The van der Waals surface area contributed by atoms with Crippen LogP contribution >= 0.6 is 0 Å². The summed E-state index contributed by atoms with van der Waals surface area (Å²) in [6, 6.07) is -0.0106. The van der Waals surface area contributed by atoms with Gasteiger partial charge in [-0.2, -0.15) is 0 Å². The summed E-state index contributed by atoms with van der Waals surface area (Å²) < 4.78 is 0. The van der Waals surface area contributed by atoms with Crippen molar-refractivity contribution in [2.45, 2.75) is 51.5 Å². The molecule has 2 heterocycles. The molecule has 23 heavy (non-hydrogen) atoms. The van der Waals surface area contributed by atoms with Crippen molar-refractivity contribution in [1.82, 2.24) is 14.7 Å². The van der Waals surface area contributed by atoms with Crippen LogP contribution in [0.2, 0.25) is 0 Å². The molecule has 0 aromatic heterocycles. The van der Waals surface area contributed by atoms with Crippen LogP contribution in [0.5, 0.6) is 0 Å². The van der Waals surface area contributed by atoms with E-state index in [0.717, 1.165) is 52.1 Å². The van der Waals surface area contributed by atoms with Crippen LogP contribution in [-0.4, -0.2) is 84.7 Å². The number of carbonyl (C=O) groups is 1. The molecule has 0 aromatic carbocycles. The number of likely N-dealkylation sites (N-methyl/N-ethyl adjacent to an activating group) is 1. The first kappa shape index (κ1) is 18.7. The van der Waals surface area contributed by atoms with Gasteiger partial charge in [-0.05, 0) is 58.7 Å². The highest BCUT2D eigenvalue weighted by Crippen LogP contribution is 2.19. The Morgan fingerprint density at radius 2 is 1.74 bits per heavy atom. The maximum atomic E-state index is 12.7. The van der Waals surface area contributed by atoms with Crippen LogP contribution in [0.25, 0.3) is 0 Å². The number of carbonyl (C=O) groups excluding carboxylic acids is 1. The largest absolute Gasteiger partial charge is 0.395 e. The van der Waals surface area contributed by atoms with Crippen LogP contribution in [-0.2, 0) is 4.79 Å². The van der Waals surface area contributed by atoms with E-state index in [1.54, 1.807) is 0 Å². The van der Waals surface area contributed by atoms with Gasteiger partial charge in [-0.15, -0.1) is 0 Å². The van der Waals surface area contributed by atoms with E-state index in [2.05, 4.69) is 28.7 Å². The second kappa shape index (κ2) is 9.60. The molecule has 2 saturated heterocycles. The van der Waals surface area contributed by atoms with Gasteiger partial charge in [0.15, 0.2) is 0 Å². The Kier molecular flexibility index (Phi) is 7.80. The van der Waals surface area contributed by atoms with Gasteiger partial charge in [0.05, 0.1) is 12.6 Å². The molecule has 1 amide bonds. The minimum atomic E-state index is -0.0106. The smallest absolute Gasteiger partial charge is 0.239 e. The number of hydrogen-bond donors (Lipinski definition) is 1. The summed E-state index contributed by atoms with van der Waals surface area (Å²) in [5.74, 6) is 0.987. The second-order valence-corrected chi connectivity index (χ2v) is 7.36. The van der Waals surface area contributed by atoms with E-state index in [1.807, 2.05) is 0 Å². The zero-order valence-electron chi connectivity index (χ0n) is 15.0. The fraction of sp³-hybridized carbons (Fsp3) is 0.944. The lowest BCUT2D eigenvalue weighted by Crippen LogP contribution is -2.48. The Morgan fingerprint density at radius 3 is 2.30 bits per heavy atom. The van der Waals surface area contributed by atoms with Crippen molar-refractivity contribution >= 4 is 5.91 Å². The normalized spacial score (nSPS) is 23.0. The molecule has 2 aliphatic heterocycles. The van der Waals surface area contributed by atoms with Gasteiger partial charge in [0.1, 0.15) is 0 Å². The number of hydrogen-bond acceptors (Lipinski definition) is 4. The quantitative estimate of drug-likeness (QED) is 0.802. The standard InChI is InChI=1S/C18H35N3O2/c1-16(18(23)21-9-5-3-4-6-10-21)19(2)15-17-7-11-20(12-8-17)13-14-22/h16-17,22H,3-15H2,1-2H3/t16-/m1/s1. The number of aliphatic hydroxyl groups is 1. The van der Waals surface area contributed by atoms with E-state index < -0.39 is 0 Å². The molecule has 1 N–H and O–H groups in total. The zero-order valence-corrected chi connectivity index (χ0v) is 15.0. The van der Waals surface area contributed by atoms with Crippen molar-refractivity contribution < 1.29 is 9.90 Å². The average Bonchev–Trinajstić information content (AvgIpc) is 2.84. The second-order valence-electron chi connectivity index (χ2n) is 7.36. The molecule has 0 aromatic rings. The molecule has 5 nitrogen and oxygen atoms in total. The Balaban J connectivity index is 1.75. The predicted octanol–water partition coefficient (Wildman–Crippen LogP) is 1.41. The zero-order chi connectivity index (χ0) is 16.7. The summed E-state index contributed by atoms with van der Waals surface area (Å²) in [5, 5.41) is 9.02. The number of amides is 1. The first-order valence-corrected chi connectivity index (χ1v) is 9.44. The number of aliphatic hydroxyl groups excluding tert-OH is 1. The molecule has 2 aliphatic rings. The van der Waals surface area contributed by atoms with E-state index in [9.17, 15) is 4.79 Å². The lowest BCUT2D eigenvalue weighted by molar-refractivity contribution is -0.136. The molecule has 5 heteroatoms. The molecule has 2 fully saturated rings. The molecule has 0 spiro atoms. The number of rotatable bonds is 6. The number of likely N-dealkylation sites (tertiary alicyclic amines) is 2. The molecule has 0 unspecified atom stereocenters. The third-order valence-corrected chi connectivity index (χ3v) is 5.61. The fourth-order valence-electron chi connectivity index (χ4n) is 3.84. The van der Waals surface area contributed by atoms with Gasteiger partial charge in [0.25, 0.3) is 0 Å². The first-order valence-electron chi connectivity index (χ1n) is 9.44. The highest BCUT2D eigenvalue weighted by atomic mass is 16.3. The maximum Gasteiger partial charge on any atom is 0.239 e. The summed E-state index contributed by atoms with van der Waals surface area (Å²) in [6.07, 6.45) is 7.20. The SMILES string of the molecule is C[C@H](C(=O)N1CCCCCC1)N(C)CC1CCN(CCO)CC1. The van der Waals surface area contributed by atoms with E-state index in [-0.39, 0.29) is 12.6 Å². The van der Waals surface area contributed by atoms with Crippen LogP contribution in [0.1, 0.15) is 45.4 Å². The van der Waals surface area contributed by atoms with E-state index in [1.165, 1.54) is 25.7 Å². The van der Waals surface area contributed by atoms with Crippen LogP contribution in [0.3, 0.4) is 0 Å². The van der Waals surface area contributed by atoms with Crippen LogP contribution < -0.4 is 0 Å². The highest BCUT2D eigenvalue weighted by molar-refractivity contribution is 5.81. The Hall–Kier alpha value is -0.650. The highest BCUT2D eigenvalue weighted by Gasteiger charge is 2.27. The third kappa shape index (κ3) is 5.73. The van der Waals surface area contributed by atoms with E-state index in [4.69, 9.17) is 5.11 Å². The molecular weight excluding hydrogens is 290 g/mol. The van der Waals surface area contributed by atoms with Gasteiger partial charge >= 0.3 is 0 Å². The minimum absolute atomic E-state index is 0.0106. The molecule has 0 saturated carbocycles. The van der Waals surface area contributed by atoms with Crippen LogP contribution in [0, 0.1) is 5.92 Å². The lowest BCUT2D eigenvalue weighted by atomic mass is 9.96. The van der Waals surface area contributed by atoms with Gasteiger partial charge in [-0.3, -0.25) is 9.69 Å². The van der Waals surface area contributed by atoms with Crippen molar-refractivity contribution in [3.63, 3.8) is 0 Å². The topological polar surface area (TPSA) is 47.0 Å². The van der Waals surface area contributed by atoms with Gasteiger partial charge in [-0.1, -0.05) is 12.8 Å². The molecular formula is C18H35N3O2. The van der Waals surface area contributed by atoms with Crippen LogP contribution in [0.15, 0.2) is 0 Å². The summed E-state index contributed by atoms with van der Waals surface area (Å²) >= 11 is 0. The molecule has 134 valence electrons. The fourth-order valence-corrected chi connectivity index (χ4v) is 3.84. The Morgan fingerprint density at radius 1 is 1.13 bits per heavy atom. The van der Waals surface area contributed by atoms with Crippen molar-refractivity contribution in [2.75, 3.05) is 52.9 Å². The molecule has 0 radical (unpaired) electrons. The van der Waals surface area contributed by atoms with Crippen LogP contribution in [0.4, 0.5) is 0 Å². The summed E-state index contributed by atoms with van der Waals surface area (Å²) in [4.78, 5) is 19.4. The monoisotopic (exact) mass is 325 g/mol. The summed E-state index contributed by atoms with van der Waals surface area (Å²) in [5.41, 5.74) is 0. The summed E-state index contributed by atoms with van der Waals surface area (Å²) in [7, 11) is 2.10. The van der Waals surface area contributed by atoms with Gasteiger partial charge in [0.2, 0.25) is 5.91 Å². The molecule has 0 aliphatic carbocycles. The van der Waals surface area contributed by atoms with Crippen molar-refractivity contribution in [2.24, 2.45) is 5.92 Å². The number of β-amino-alcohol motifs (C(OH)–C–C–N with tert-alkyl or cyclic N) is 1. The average molecular weight is 325 g/mol. The van der Waals surface area contributed by atoms with E-state index >= 15 is 0 Å². The maximum absolute atomic E-state index is 12.7. The molecule has 0 bridgehead atoms. The third-order valence-electron chi connectivity index (χ3n) is 5.61. The van der Waals surface area contributed by atoms with Crippen molar-refractivity contribution in [3.05, 3.63) is 0 Å². The minimum Gasteiger partial charge on any atom is -0.395 e. The van der Waals surface area contributed by atoms with E-state index in [0.29, 0.717) is 11.8 Å². The number of nitrogens with zero attached hydrogens (tertiary/aromatic N) is 3. The van der Waals surface area contributed by atoms with Crippen molar-refractivity contribution in [3.8, 4) is 0 Å². The molecule has 1 atom stereocenters. The number of piperidine rings is 1. The van der Waals surface area contributed by atoms with Crippen molar-refractivity contribution in [1.29, 1.82) is 0 Å². The van der Waals surface area contributed by atoms with Gasteiger partial charge < -0.3 is 14.9 Å². The summed E-state index contributed by atoms with van der Waals surface area (Å²) in [6.45, 7) is 8.16. The molecule has 2 rings (SSSR count). The predicted molar refractivity (Wildman–Crippen MR) is 93.4 cm³/mol. The Labute approximate surface area is 141 Å².